The first-order valence-electron chi connectivity index (χ1n) is 11.5. The van der Waals surface area contributed by atoms with Crippen molar-refractivity contribution in [3.05, 3.63) is 47.5 Å². The molecule has 186 valence electrons. The molecule has 4 amide bonds. The van der Waals surface area contributed by atoms with Crippen LogP contribution in [0.15, 0.2) is 36.4 Å². The molecule has 3 rings (SSSR count). The fourth-order valence-electron chi connectivity index (χ4n) is 4.06. The lowest BCUT2D eigenvalue weighted by Crippen LogP contribution is -2.53. The highest BCUT2D eigenvalue weighted by Crippen LogP contribution is 2.28. The number of likely N-dealkylation sites (N-methyl/N-ethyl adjacent to an activating group) is 1. The number of carbonyl (C=O) groups is 5. The quantitative estimate of drug-likeness (QED) is 0.352. The monoisotopic (exact) mass is 482 g/mol. The van der Waals surface area contributed by atoms with Gasteiger partial charge in [-0.15, -0.1) is 0 Å². The Bertz CT molecular complexity index is 1110. The van der Waals surface area contributed by atoms with Crippen LogP contribution in [-0.2, 0) is 14.4 Å². The molecular formula is C25H30N4O6. The van der Waals surface area contributed by atoms with Gasteiger partial charge in [0.1, 0.15) is 6.04 Å². The van der Waals surface area contributed by atoms with Gasteiger partial charge in [0.2, 0.25) is 11.8 Å². The molecule has 0 aliphatic carbocycles. The van der Waals surface area contributed by atoms with E-state index in [0.717, 1.165) is 15.7 Å². The second kappa shape index (κ2) is 11.1. The highest BCUT2D eigenvalue weighted by Gasteiger charge is 2.37. The van der Waals surface area contributed by atoms with Crippen LogP contribution in [0.2, 0.25) is 0 Å². The van der Waals surface area contributed by atoms with Gasteiger partial charge in [0, 0.05) is 13.6 Å². The van der Waals surface area contributed by atoms with Crippen molar-refractivity contribution >= 4 is 40.4 Å². The number of aliphatic carboxylic acids is 1. The van der Waals surface area contributed by atoms with Crippen molar-refractivity contribution < 1.29 is 29.1 Å². The third kappa shape index (κ3) is 6.02. The number of imide groups is 1. The molecular weight excluding hydrogens is 452 g/mol. The van der Waals surface area contributed by atoms with Crippen LogP contribution in [0.4, 0.5) is 0 Å². The van der Waals surface area contributed by atoms with Crippen molar-refractivity contribution in [2.75, 3.05) is 20.1 Å². The van der Waals surface area contributed by atoms with E-state index in [1.165, 1.54) is 7.05 Å². The molecule has 0 saturated heterocycles. The molecule has 0 bridgehead atoms. The summed E-state index contributed by atoms with van der Waals surface area (Å²) in [4.78, 5) is 62.9. The zero-order valence-electron chi connectivity index (χ0n) is 20.0. The summed E-state index contributed by atoms with van der Waals surface area (Å²) in [6, 6.07) is 8.68. The molecule has 35 heavy (non-hydrogen) atoms. The summed E-state index contributed by atoms with van der Waals surface area (Å²) in [5.41, 5.74) is 0.583. The third-order valence-electron chi connectivity index (χ3n) is 5.90. The lowest BCUT2D eigenvalue weighted by atomic mass is 10.0. The first-order valence-corrected chi connectivity index (χ1v) is 11.5. The first kappa shape index (κ1) is 25.8. The minimum atomic E-state index is -1.21. The average molecular weight is 483 g/mol. The Morgan fingerprint density at radius 2 is 1.54 bits per heavy atom. The molecule has 0 unspecified atom stereocenters. The maximum Gasteiger partial charge on any atom is 0.320 e. The van der Waals surface area contributed by atoms with E-state index in [4.69, 9.17) is 0 Å². The first-order chi connectivity index (χ1) is 16.6. The van der Waals surface area contributed by atoms with E-state index in [2.05, 4.69) is 16.0 Å². The van der Waals surface area contributed by atoms with Crippen molar-refractivity contribution in [2.45, 2.75) is 38.8 Å². The van der Waals surface area contributed by atoms with E-state index in [1.54, 1.807) is 12.1 Å². The van der Waals surface area contributed by atoms with Crippen LogP contribution in [0, 0.1) is 5.92 Å². The summed E-state index contributed by atoms with van der Waals surface area (Å²) < 4.78 is 0. The van der Waals surface area contributed by atoms with Gasteiger partial charge >= 0.3 is 5.97 Å². The Kier molecular flexibility index (Phi) is 8.18. The fourth-order valence-corrected chi connectivity index (χ4v) is 4.06. The smallest absolute Gasteiger partial charge is 0.320 e. The third-order valence-corrected chi connectivity index (χ3v) is 5.90. The Hall–Kier alpha value is -3.79. The van der Waals surface area contributed by atoms with E-state index in [1.807, 2.05) is 38.1 Å². The van der Waals surface area contributed by atoms with Gasteiger partial charge in [-0.2, -0.15) is 0 Å². The number of fused-ring (bicyclic) bond motifs is 2. The predicted molar refractivity (Wildman–Crippen MR) is 129 cm³/mol. The van der Waals surface area contributed by atoms with E-state index in [9.17, 15) is 29.1 Å². The Labute approximate surface area is 203 Å². The maximum absolute atomic E-state index is 12.9. The van der Waals surface area contributed by atoms with Crippen LogP contribution < -0.4 is 16.0 Å². The van der Waals surface area contributed by atoms with Gasteiger partial charge in [-0.1, -0.05) is 38.1 Å². The number of carbonyl (C=O) groups excluding carboxylic acids is 4. The molecule has 10 nitrogen and oxygen atoms in total. The van der Waals surface area contributed by atoms with Crippen molar-refractivity contribution in [3.8, 4) is 0 Å². The molecule has 0 spiro atoms. The van der Waals surface area contributed by atoms with E-state index >= 15 is 0 Å². The van der Waals surface area contributed by atoms with Crippen molar-refractivity contribution in [1.82, 2.24) is 20.9 Å². The predicted octanol–water partition coefficient (Wildman–Crippen LogP) is 1.15. The molecule has 1 heterocycles. The highest BCUT2D eigenvalue weighted by atomic mass is 16.4. The number of nitrogens with one attached hydrogen (secondary N) is 3. The number of rotatable bonds is 11. The van der Waals surface area contributed by atoms with Gasteiger partial charge in [-0.3, -0.25) is 34.2 Å². The van der Waals surface area contributed by atoms with E-state index < -0.39 is 35.8 Å². The summed E-state index contributed by atoms with van der Waals surface area (Å²) in [7, 11) is 1.45. The van der Waals surface area contributed by atoms with Crippen LogP contribution in [0.1, 0.15) is 47.4 Å². The fraction of sp³-hybridized carbons (Fsp3) is 0.400. The summed E-state index contributed by atoms with van der Waals surface area (Å²) in [6.45, 7) is 3.42. The van der Waals surface area contributed by atoms with Crippen molar-refractivity contribution in [2.24, 2.45) is 5.92 Å². The van der Waals surface area contributed by atoms with Gasteiger partial charge in [-0.05, 0) is 41.7 Å². The lowest BCUT2D eigenvalue weighted by molar-refractivity contribution is -0.140. The SMILES string of the molecule is CNC(=O)CNC(=O)[C@H](CC(C)C)N[C@H](CCN1C(=O)c2cc3ccccc3cc2C1=O)C(=O)O. The zero-order valence-corrected chi connectivity index (χ0v) is 20.0. The minimum Gasteiger partial charge on any atom is -0.480 e. The number of carboxylic acid groups (broad SMARTS) is 1. The molecule has 0 saturated carbocycles. The highest BCUT2D eigenvalue weighted by molar-refractivity contribution is 6.23. The molecule has 0 fully saturated rings. The number of amides is 4. The molecule has 2 aromatic rings. The van der Waals surface area contributed by atoms with Gasteiger partial charge in [0.05, 0.1) is 23.7 Å². The van der Waals surface area contributed by atoms with Crippen LogP contribution in [0.25, 0.3) is 10.8 Å². The second-order valence-corrected chi connectivity index (χ2v) is 8.93. The van der Waals surface area contributed by atoms with Gasteiger partial charge < -0.3 is 15.7 Å². The van der Waals surface area contributed by atoms with E-state index in [-0.39, 0.29) is 31.3 Å². The number of nitrogens with zero attached hydrogens (tertiary/aromatic N) is 1. The maximum atomic E-state index is 12.9. The van der Waals surface area contributed by atoms with Gasteiger partial charge in [-0.25, -0.2) is 0 Å². The Balaban J connectivity index is 1.71. The molecule has 10 heteroatoms. The van der Waals surface area contributed by atoms with E-state index in [0.29, 0.717) is 17.5 Å². The zero-order chi connectivity index (χ0) is 25.7. The van der Waals surface area contributed by atoms with Gasteiger partial charge in [0.25, 0.3) is 11.8 Å². The summed E-state index contributed by atoms with van der Waals surface area (Å²) in [5.74, 6) is -2.96. The minimum absolute atomic E-state index is 0.0677. The molecule has 1 aliphatic rings. The Morgan fingerprint density at radius 1 is 0.971 bits per heavy atom. The van der Waals surface area contributed by atoms with Crippen molar-refractivity contribution in [3.63, 3.8) is 0 Å². The van der Waals surface area contributed by atoms with Crippen LogP contribution in [0.3, 0.4) is 0 Å². The summed E-state index contributed by atoms with van der Waals surface area (Å²) in [6.07, 6.45) is 0.251. The Morgan fingerprint density at radius 3 is 2.03 bits per heavy atom. The number of carboxylic acids is 1. The second-order valence-electron chi connectivity index (χ2n) is 8.93. The van der Waals surface area contributed by atoms with Crippen molar-refractivity contribution in [1.29, 1.82) is 0 Å². The average Bonchev–Trinajstić information content (AvgIpc) is 3.06. The van der Waals surface area contributed by atoms with Crippen LogP contribution in [0.5, 0.6) is 0 Å². The number of hydrogen-bond acceptors (Lipinski definition) is 6. The standard InChI is InChI=1S/C25H30N4O6/c1-14(2)10-20(22(31)27-13-21(30)26-3)28-19(25(34)35)8-9-29-23(32)17-11-15-6-4-5-7-16(15)12-18(17)24(29)33/h4-7,11-12,14,19-20,28H,8-10,13H2,1-3H3,(H,26,30)(H,27,31)(H,34,35)/t19-,20+/m1/s1. The molecule has 1 aliphatic heterocycles. The summed E-state index contributed by atoms with van der Waals surface area (Å²) >= 11 is 0. The van der Waals surface area contributed by atoms with Gasteiger partial charge in [0.15, 0.2) is 0 Å². The lowest BCUT2D eigenvalue weighted by Gasteiger charge is -2.25. The topological polar surface area (TPSA) is 145 Å². The molecule has 0 aromatic heterocycles. The molecule has 4 N–H and O–H groups in total. The number of hydrogen-bond donors (Lipinski definition) is 4. The summed E-state index contributed by atoms with van der Waals surface area (Å²) in [5, 5.41) is 19.2. The molecule has 0 radical (unpaired) electrons. The molecule has 2 aromatic carbocycles. The molecule has 2 atom stereocenters. The normalized spacial score (nSPS) is 14.7. The number of benzene rings is 2. The van der Waals surface area contributed by atoms with Crippen LogP contribution in [-0.4, -0.2) is 71.8 Å². The van der Waals surface area contributed by atoms with Crippen LogP contribution >= 0.6 is 0 Å². The largest absolute Gasteiger partial charge is 0.480 e.